The molecule has 3 fully saturated rings. The molecule has 0 aliphatic carbocycles. The van der Waals surface area contributed by atoms with E-state index in [0.29, 0.717) is 24.2 Å². The Bertz CT molecular complexity index is 557. The van der Waals surface area contributed by atoms with Gasteiger partial charge < -0.3 is 34.0 Å². The monoisotopic (exact) mass is 586 g/mol. The van der Waals surface area contributed by atoms with Crippen LogP contribution in [0.3, 0.4) is 0 Å². The van der Waals surface area contributed by atoms with Crippen LogP contribution in [-0.4, -0.2) is 166 Å². The smallest absolute Gasteiger partial charge is 0.0165 e. The molecule has 3 aliphatic heterocycles. The summed E-state index contributed by atoms with van der Waals surface area (Å²) < 4.78 is 0. The van der Waals surface area contributed by atoms with Crippen molar-refractivity contribution in [3.05, 3.63) is 0 Å². The quantitative estimate of drug-likeness (QED) is 0.149. The van der Waals surface area contributed by atoms with E-state index >= 15 is 0 Å². The predicted molar refractivity (Wildman–Crippen MR) is 177 cm³/mol. The van der Waals surface area contributed by atoms with Gasteiger partial charge in [-0.3, -0.25) is 24.5 Å². The number of nitrogens with two attached hydrogens (primary N) is 5. The van der Waals surface area contributed by atoms with Crippen LogP contribution in [0.2, 0.25) is 0 Å². The fraction of sp³-hybridized carbons (Fsp3) is 1.00. The summed E-state index contributed by atoms with van der Waals surface area (Å²) in [6.07, 6.45) is 4.30. The molecule has 41 heavy (non-hydrogen) atoms. The highest BCUT2D eigenvalue weighted by Crippen LogP contribution is 2.05. The van der Waals surface area contributed by atoms with Gasteiger partial charge >= 0.3 is 0 Å². The topological polar surface area (TPSA) is 158 Å². The molecule has 0 radical (unpaired) electrons. The van der Waals surface area contributed by atoms with Crippen LogP contribution in [0.4, 0.5) is 0 Å². The van der Waals surface area contributed by atoms with Crippen molar-refractivity contribution >= 4 is 0 Å². The van der Waals surface area contributed by atoms with E-state index in [9.17, 15) is 0 Å². The molecule has 4 atom stereocenters. The van der Waals surface area contributed by atoms with Crippen molar-refractivity contribution < 1.29 is 0 Å². The van der Waals surface area contributed by atoms with Crippen LogP contribution in [0.1, 0.15) is 53.4 Å². The van der Waals surface area contributed by atoms with Crippen molar-refractivity contribution in [2.45, 2.75) is 77.5 Å². The predicted octanol–water partition coefficient (Wildman–Crippen LogP) is -0.993. The van der Waals surface area contributed by atoms with E-state index in [1.54, 1.807) is 0 Å². The summed E-state index contributed by atoms with van der Waals surface area (Å²) in [5.74, 6) is 0. The van der Waals surface area contributed by atoms with Gasteiger partial charge in [-0.15, -0.1) is 0 Å². The van der Waals surface area contributed by atoms with Gasteiger partial charge in [-0.25, -0.2) is 0 Å². The second-order valence-corrected chi connectivity index (χ2v) is 12.3. The van der Waals surface area contributed by atoms with Gasteiger partial charge in [0.25, 0.3) is 0 Å². The van der Waals surface area contributed by atoms with Crippen molar-refractivity contribution in [3.8, 4) is 0 Å². The Morgan fingerprint density at radius 2 is 0.732 bits per heavy atom. The van der Waals surface area contributed by atoms with Gasteiger partial charge in [0.2, 0.25) is 0 Å². The first-order valence-corrected chi connectivity index (χ1v) is 16.8. The molecule has 0 saturated carbocycles. The van der Waals surface area contributed by atoms with Crippen LogP contribution in [0.25, 0.3) is 0 Å². The van der Waals surface area contributed by atoms with E-state index in [4.69, 9.17) is 28.7 Å². The summed E-state index contributed by atoms with van der Waals surface area (Å²) in [4.78, 5) is 12.3. The van der Waals surface area contributed by atoms with Crippen molar-refractivity contribution in [3.63, 3.8) is 0 Å². The molecule has 0 bridgehead atoms. The van der Waals surface area contributed by atoms with Crippen molar-refractivity contribution in [2.75, 3.05) is 118 Å². The first-order valence-electron chi connectivity index (χ1n) is 16.8. The van der Waals surface area contributed by atoms with Crippen LogP contribution in [0.15, 0.2) is 0 Å². The number of hydrogen-bond donors (Lipinski definition) is 6. The van der Waals surface area contributed by atoms with Crippen LogP contribution >= 0.6 is 0 Å². The van der Waals surface area contributed by atoms with Crippen molar-refractivity contribution in [1.82, 2.24) is 29.8 Å². The van der Waals surface area contributed by atoms with Crippen LogP contribution < -0.4 is 34.0 Å². The molecule has 3 aliphatic rings. The summed E-state index contributed by atoms with van der Waals surface area (Å²) in [5, 5.41) is 3.32. The minimum atomic E-state index is 0.337. The van der Waals surface area contributed by atoms with Gasteiger partial charge in [0.15, 0.2) is 0 Å². The van der Waals surface area contributed by atoms with Gasteiger partial charge in [-0.1, -0.05) is 27.7 Å². The largest absolute Gasteiger partial charge is 0.329 e. The van der Waals surface area contributed by atoms with Crippen LogP contribution in [0.5, 0.6) is 0 Å². The van der Waals surface area contributed by atoms with E-state index in [-0.39, 0.29) is 0 Å². The molecule has 0 aromatic heterocycles. The zero-order valence-electron chi connectivity index (χ0n) is 27.5. The Labute approximate surface area is 253 Å². The molecule has 0 aromatic rings. The maximum atomic E-state index is 5.97. The maximum absolute atomic E-state index is 5.97. The highest BCUT2D eigenvalue weighted by atomic mass is 15.3. The van der Waals surface area contributed by atoms with Gasteiger partial charge in [-0.2, -0.15) is 0 Å². The lowest BCUT2D eigenvalue weighted by Crippen LogP contribution is -2.52. The average molecular weight is 586 g/mol. The molecule has 0 spiro atoms. The first kappa shape index (κ1) is 38.6. The third-order valence-electron chi connectivity index (χ3n) is 8.65. The van der Waals surface area contributed by atoms with Gasteiger partial charge in [0.05, 0.1) is 0 Å². The molecule has 246 valence electrons. The van der Waals surface area contributed by atoms with E-state index in [2.05, 4.69) is 57.5 Å². The number of hydrogen-bond acceptors (Lipinski definition) is 11. The van der Waals surface area contributed by atoms with Gasteiger partial charge in [0, 0.05) is 142 Å². The lowest BCUT2D eigenvalue weighted by atomic mass is 10.2. The molecule has 3 saturated heterocycles. The Balaban J connectivity index is 0.000000313. The van der Waals surface area contributed by atoms with E-state index in [0.717, 1.165) is 143 Å². The Hall–Kier alpha value is -0.440. The fourth-order valence-electron chi connectivity index (χ4n) is 5.27. The summed E-state index contributed by atoms with van der Waals surface area (Å²) in [7, 11) is 0. The molecular formula is C30H71N11. The van der Waals surface area contributed by atoms with E-state index in [1.807, 2.05) is 0 Å². The third-order valence-corrected chi connectivity index (χ3v) is 8.65. The number of nitrogens with zero attached hydrogens (tertiary/aromatic N) is 5. The number of piperazine rings is 3. The minimum Gasteiger partial charge on any atom is -0.329 e. The van der Waals surface area contributed by atoms with Gasteiger partial charge in [-0.05, 0) is 25.7 Å². The lowest BCUT2D eigenvalue weighted by molar-refractivity contribution is 0.121. The second kappa shape index (κ2) is 23.9. The summed E-state index contributed by atoms with van der Waals surface area (Å²) in [6.45, 7) is 28.3. The Kier molecular flexibility index (Phi) is 22.5. The normalized spacial score (nSPS) is 23.0. The second-order valence-electron chi connectivity index (χ2n) is 12.3. The zero-order valence-corrected chi connectivity index (χ0v) is 27.5. The van der Waals surface area contributed by atoms with Crippen molar-refractivity contribution in [1.29, 1.82) is 0 Å². The molecule has 3 heterocycles. The van der Waals surface area contributed by atoms with Crippen molar-refractivity contribution in [2.24, 2.45) is 28.7 Å². The van der Waals surface area contributed by atoms with Crippen LogP contribution in [-0.2, 0) is 0 Å². The van der Waals surface area contributed by atoms with E-state index < -0.39 is 0 Å². The molecule has 0 aromatic carbocycles. The SMILES string of the molecule is CCC(N)CN1CCN(CC(N)CC)CC1.CCC(N)CN1CCN(CCN)CC1.CCC(N)CN1CCNCC1. The molecule has 0 amide bonds. The summed E-state index contributed by atoms with van der Waals surface area (Å²) >= 11 is 0. The highest BCUT2D eigenvalue weighted by Gasteiger charge is 2.19. The fourth-order valence-corrected chi connectivity index (χ4v) is 5.27. The molecular weight excluding hydrogens is 514 g/mol. The lowest BCUT2D eigenvalue weighted by Gasteiger charge is -2.36. The van der Waals surface area contributed by atoms with Crippen LogP contribution in [0, 0.1) is 0 Å². The Morgan fingerprint density at radius 3 is 1.00 bits per heavy atom. The van der Waals surface area contributed by atoms with Gasteiger partial charge in [0.1, 0.15) is 0 Å². The molecule has 11 nitrogen and oxygen atoms in total. The summed E-state index contributed by atoms with van der Waals surface area (Å²) in [5.41, 5.74) is 29.2. The third kappa shape index (κ3) is 18.7. The number of nitrogens with one attached hydrogen (secondary N) is 1. The average Bonchev–Trinajstić information content (AvgIpc) is 3.00. The first-order chi connectivity index (χ1) is 19.7. The maximum Gasteiger partial charge on any atom is 0.0165 e. The standard InChI is InChI=1S/C12H28N4.C10H24N4.C8H19N3/c1-3-11(13)9-15-5-7-16(8-6-15)10-12(14)4-2;1-2-10(12)9-14-7-5-13(4-3-11)6-8-14;1-2-8(9)7-11-5-3-10-4-6-11/h11-12H,3-10,13-14H2,1-2H3;10H,2-9,11-12H2,1H3;8,10H,2-7,9H2,1H3. The highest BCUT2D eigenvalue weighted by molar-refractivity contribution is 4.78. The molecule has 3 rings (SSSR count). The Morgan fingerprint density at radius 1 is 0.463 bits per heavy atom. The molecule has 11 N–H and O–H groups in total. The summed E-state index contributed by atoms with van der Waals surface area (Å²) in [6, 6.07) is 1.39. The minimum absolute atomic E-state index is 0.337. The zero-order chi connectivity index (χ0) is 30.5. The molecule has 11 heteroatoms. The number of rotatable bonds is 14. The molecule has 4 unspecified atom stereocenters. The van der Waals surface area contributed by atoms with E-state index in [1.165, 1.54) is 0 Å².